The Kier molecular flexibility index (Phi) is 5.79. The number of hydrogen-bond acceptors (Lipinski definition) is 4. The Morgan fingerprint density at radius 3 is 2.62 bits per heavy atom. The molecule has 0 saturated carbocycles. The summed E-state index contributed by atoms with van der Waals surface area (Å²) in [6.45, 7) is 4.60. The second kappa shape index (κ2) is 7.38. The van der Waals surface area contributed by atoms with Crippen LogP contribution < -0.4 is 5.32 Å². The van der Waals surface area contributed by atoms with Crippen LogP contribution in [0.2, 0.25) is 0 Å². The molecule has 1 aromatic rings. The minimum atomic E-state index is -2.92. The van der Waals surface area contributed by atoms with E-state index in [1.54, 1.807) is 0 Å². The Bertz CT molecular complexity index is 530. The highest BCUT2D eigenvalue weighted by Gasteiger charge is 2.28. The Morgan fingerprint density at radius 1 is 1.29 bits per heavy atom. The molecule has 1 fully saturated rings. The molecule has 0 amide bonds. The number of piperazine rings is 1. The van der Waals surface area contributed by atoms with Crippen molar-refractivity contribution in [2.45, 2.75) is 31.8 Å². The van der Waals surface area contributed by atoms with Crippen molar-refractivity contribution in [2.75, 3.05) is 31.6 Å². The fourth-order valence-corrected chi connectivity index (χ4v) is 3.52. The summed E-state index contributed by atoms with van der Waals surface area (Å²) in [7, 11) is -2.92. The topological polar surface area (TPSA) is 49.4 Å². The van der Waals surface area contributed by atoms with Gasteiger partial charge in [0.2, 0.25) is 0 Å². The molecule has 21 heavy (non-hydrogen) atoms. The van der Waals surface area contributed by atoms with Gasteiger partial charge in [-0.05, 0) is 12.0 Å². The van der Waals surface area contributed by atoms with Crippen LogP contribution in [0, 0.1) is 0 Å². The van der Waals surface area contributed by atoms with Gasteiger partial charge >= 0.3 is 0 Å². The normalized spacial score (nSPS) is 24.1. The molecule has 0 spiro atoms. The van der Waals surface area contributed by atoms with Crippen LogP contribution >= 0.6 is 0 Å². The summed E-state index contributed by atoms with van der Waals surface area (Å²) >= 11 is 0. The molecule has 4 nitrogen and oxygen atoms in total. The average Bonchev–Trinajstić information content (AvgIpc) is 2.46. The first-order valence-corrected chi connectivity index (χ1v) is 9.75. The molecular formula is C16H26N2O2S. The van der Waals surface area contributed by atoms with Gasteiger partial charge < -0.3 is 5.32 Å². The minimum Gasteiger partial charge on any atom is -0.311 e. The van der Waals surface area contributed by atoms with Crippen LogP contribution in [-0.2, 0) is 9.84 Å². The Labute approximate surface area is 128 Å². The van der Waals surface area contributed by atoms with Crippen molar-refractivity contribution in [3.8, 4) is 0 Å². The molecule has 1 saturated heterocycles. The Morgan fingerprint density at radius 2 is 2.00 bits per heavy atom. The third-order valence-electron chi connectivity index (χ3n) is 4.07. The Balaban J connectivity index is 2.10. The molecule has 2 atom stereocenters. The first-order chi connectivity index (χ1) is 9.99. The van der Waals surface area contributed by atoms with Crippen LogP contribution in [0.25, 0.3) is 0 Å². The molecule has 0 aliphatic carbocycles. The number of hydrogen-bond donors (Lipinski definition) is 1. The summed E-state index contributed by atoms with van der Waals surface area (Å²) in [6, 6.07) is 11.1. The predicted molar refractivity (Wildman–Crippen MR) is 87.2 cm³/mol. The maximum atomic E-state index is 11.5. The minimum absolute atomic E-state index is 0.231. The SMILES string of the molecule is CCCC1CN(CCS(C)(=O)=O)C(c2ccccc2)CN1. The van der Waals surface area contributed by atoms with Crippen molar-refractivity contribution in [2.24, 2.45) is 0 Å². The van der Waals surface area contributed by atoms with E-state index in [0.717, 1.165) is 25.9 Å². The standard InChI is InChI=1S/C16H26N2O2S/c1-3-7-15-13-18(10-11-21(2,19)20)16(12-17-15)14-8-5-4-6-9-14/h4-6,8-9,15-17H,3,7,10-13H2,1-2H3. The van der Waals surface area contributed by atoms with Gasteiger partial charge in [-0.2, -0.15) is 0 Å². The third-order valence-corrected chi connectivity index (χ3v) is 4.99. The van der Waals surface area contributed by atoms with Gasteiger partial charge in [-0.25, -0.2) is 8.42 Å². The highest BCUT2D eigenvalue weighted by Crippen LogP contribution is 2.24. The summed E-state index contributed by atoms with van der Waals surface area (Å²) in [5, 5.41) is 3.60. The summed E-state index contributed by atoms with van der Waals surface area (Å²) in [6.07, 6.45) is 3.60. The zero-order valence-electron chi connectivity index (χ0n) is 13.0. The zero-order valence-corrected chi connectivity index (χ0v) is 13.8. The lowest BCUT2D eigenvalue weighted by molar-refractivity contribution is 0.134. The van der Waals surface area contributed by atoms with Gasteiger partial charge in [-0.1, -0.05) is 43.7 Å². The zero-order chi connectivity index (χ0) is 15.3. The maximum Gasteiger partial charge on any atom is 0.148 e. The fourth-order valence-electron chi connectivity index (χ4n) is 2.96. The van der Waals surface area contributed by atoms with Gasteiger partial charge in [0.15, 0.2) is 0 Å². The van der Waals surface area contributed by atoms with Gasteiger partial charge in [-0.15, -0.1) is 0 Å². The maximum absolute atomic E-state index is 11.5. The van der Waals surface area contributed by atoms with Crippen molar-refractivity contribution in [1.82, 2.24) is 10.2 Å². The Hall–Kier alpha value is -0.910. The van der Waals surface area contributed by atoms with Crippen LogP contribution in [-0.4, -0.2) is 51.0 Å². The van der Waals surface area contributed by atoms with Gasteiger partial charge in [0, 0.05) is 38.0 Å². The van der Waals surface area contributed by atoms with Gasteiger partial charge in [0.25, 0.3) is 0 Å². The van der Waals surface area contributed by atoms with E-state index in [1.807, 2.05) is 18.2 Å². The molecule has 0 radical (unpaired) electrons. The van der Waals surface area contributed by atoms with Gasteiger partial charge in [0.1, 0.15) is 9.84 Å². The summed E-state index contributed by atoms with van der Waals surface area (Å²) in [5.41, 5.74) is 1.26. The number of rotatable bonds is 6. The molecule has 0 bridgehead atoms. The van der Waals surface area contributed by atoms with E-state index in [0.29, 0.717) is 12.6 Å². The molecule has 1 N–H and O–H groups in total. The van der Waals surface area contributed by atoms with E-state index < -0.39 is 9.84 Å². The number of sulfone groups is 1. The summed E-state index contributed by atoms with van der Waals surface area (Å²) < 4.78 is 23.0. The lowest BCUT2D eigenvalue weighted by Crippen LogP contribution is -2.53. The van der Waals surface area contributed by atoms with E-state index in [4.69, 9.17) is 0 Å². The summed E-state index contributed by atoms with van der Waals surface area (Å²) in [4.78, 5) is 2.33. The van der Waals surface area contributed by atoms with E-state index >= 15 is 0 Å². The predicted octanol–water partition coefficient (Wildman–Crippen LogP) is 1.85. The van der Waals surface area contributed by atoms with Crippen LogP contribution in [0.15, 0.2) is 30.3 Å². The van der Waals surface area contributed by atoms with Crippen LogP contribution in [0.1, 0.15) is 31.4 Å². The monoisotopic (exact) mass is 310 g/mol. The van der Waals surface area contributed by atoms with E-state index in [2.05, 4.69) is 29.3 Å². The number of nitrogens with zero attached hydrogens (tertiary/aromatic N) is 1. The molecule has 1 aliphatic rings. The molecule has 2 rings (SSSR count). The van der Waals surface area contributed by atoms with Crippen LogP contribution in [0.3, 0.4) is 0 Å². The van der Waals surface area contributed by atoms with Gasteiger partial charge in [-0.3, -0.25) is 4.90 Å². The second-order valence-electron chi connectivity index (χ2n) is 5.95. The molecular weight excluding hydrogens is 284 g/mol. The third kappa shape index (κ3) is 5.09. The van der Waals surface area contributed by atoms with Crippen molar-refractivity contribution in [1.29, 1.82) is 0 Å². The van der Waals surface area contributed by atoms with Crippen molar-refractivity contribution >= 4 is 9.84 Å². The highest BCUT2D eigenvalue weighted by atomic mass is 32.2. The fraction of sp³-hybridized carbons (Fsp3) is 0.625. The smallest absolute Gasteiger partial charge is 0.148 e. The van der Waals surface area contributed by atoms with Crippen molar-refractivity contribution in [3.63, 3.8) is 0 Å². The van der Waals surface area contributed by atoms with E-state index in [9.17, 15) is 8.42 Å². The van der Waals surface area contributed by atoms with E-state index in [1.165, 1.54) is 11.8 Å². The second-order valence-corrected chi connectivity index (χ2v) is 8.20. The number of benzene rings is 1. The molecule has 118 valence electrons. The largest absolute Gasteiger partial charge is 0.311 e. The molecule has 1 aliphatic heterocycles. The number of nitrogens with one attached hydrogen (secondary N) is 1. The lowest BCUT2D eigenvalue weighted by Gasteiger charge is -2.40. The first-order valence-electron chi connectivity index (χ1n) is 7.69. The first kappa shape index (κ1) is 16.5. The molecule has 1 heterocycles. The molecule has 2 unspecified atom stereocenters. The molecule has 1 aromatic carbocycles. The van der Waals surface area contributed by atoms with E-state index in [-0.39, 0.29) is 11.8 Å². The van der Waals surface area contributed by atoms with Gasteiger partial charge in [0.05, 0.1) is 5.75 Å². The molecule has 0 aromatic heterocycles. The van der Waals surface area contributed by atoms with Crippen molar-refractivity contribution in [3.05, 3.63) is 35.9 Å². The molecule has 5 heteroatoms. The van der Waals surface area contributed by atoms with Crippen LogP contribution in [0.5, 0.6) is 0 Å². The highest BCUT2D eigenvalue weighted by molar-refractivity contribution is 7.90. The summed E-state index contributed by atoms with van der Waals surface area (Å²) in [5.74, 6) is 0.231. The average molecular weight is 310 g/mol. The van der Waals surface area contributed by atoms with Crippen molar-refractivity contribution < 1.29 is 8.42 Å². The lowest BCUT2D eigenvalue weighted by atomic mass is 9.99. The quantitative estimate of drug-likeness (QED) is 0.871. The van der Waals surface area contributed by atoms with Crippen LogP contribution in [0.4, 0.5) is 0 Å².